The van der Waals surface area contributed by atoms with Crippen LogP contribution in [-0.2, 0) is 0 Å². The summed E-state index contributed by atoms with van der Waals surface area (Å²) < 4.78 is 0. The molecule has 144 valence electrons. The predicted molar refractivity (Wildman–Crippen MR) is 118 cm³/mol. The molecule has 0 unspecified atom stereocenters. The highest BCUT2D eigenvalue weighted by molar-refractivity contribution is 6.04. The quantitative estimate of drug-likeness (QED) is 0.257. The fourth-order valence-corrected chi connectivity index (χ4v) is 3.23. The van der Waals surface area contributed by atoms with Crippen LogP contribution < -0.4 is 5.32 Å². The Balaban J connectivity index is 3.09. The first-order valence-electron chi connectivity index (χ1n) is 9.89. The first kappa shape index (κ1) is 22.4. The first-order chi connectivity index (χ1) is 12.3. The van der Waals surface area contributed by atoms with Crippen molar-refractivity contribution in [3.05, 3.63) is 59.8 Å². The van der Waals surface area contributed by atoms with Crippen molar-refractivity contribution < 1.29 is 0 Å². The first-order valence-corrected chi connectivity index (χ1v) is 9.89. The second-order valence-electron chi connectivity index (χ2n) is 7.78. The third-order valence-corrected chi connectivity index (χ3v) is 4.72. The molecule has 0 atom stereocenters. The Morgan fingerprint density at radius 2 is 1.85 bits per heavy atom. The maximum Gasteiger partial charge on any atom is 0.0395 e. The zero-order valence-electron chi connectivity index (χ0n) is 17.6. The van der Waals surface area contributed by atoms with E-state index < -0.39 is 0 Å². The van der Waals surface area contributed by atoms with Crippen molar-refractivity contribution in [1.29, 1.82) is 0 Å². The van der Waals surface area contributed by atoms with Gasteiger partial charge in [-0.15, -0.1) is 0 Å². The van der Waals surface area contributed by atoms with E-state index in [2.05, 4.69) is 63.8 Å². The molecule has 1 aliphatic carbocycles. The molecular formula is C24H38N2. The molecular weight excluding hydrogens is 316 g/mol. The molecule has 2 heteroatoms. The van der Waals surface area contributed by atoms with Crippen LogP contribution in [0.4, 0.5) is 0 Å². The molecule has 1 fully saturated rings. The van der Waals surface area contributed by atoms with E-state index in [1.165, 1.54) is 29.6 Å². The smallest absolute Gasteiger partial charge is 0.0395 e. The maximum absolute atomic E-state index is 4.51. The molecule has 0 aromatic carbocycles. The van der Waals surface area contributed by atoms with E-state index in [9.17, 15) is 0 Å². The van der Waals surface area contributed by atoms with Crippen LogP contribution >= 0.6 is 0 Å². The summed E-state index contributed by atoms with van der Waals surface area (Å²) in [6.45, 7) is 23.3. The fourth-order valence-electron chi connectivity index (χ4n) is 3.23. The Hall–Kier alpha value is -1.67. The van der Waals surface area contributed by atoms with Gasteiger partial charge in [0.15, 0.2) is 0 Å². The van der Waals surface area contributed by atoms with Gasteiger partial charge in [0.1, 0.15) is 0 Å². The van der Waals surface area contributed by atoms with Gasteiger partial charge in [-0.25, -0.2) is 0 Å². The summed E-state index contributed by atoms with van der Waals surface area (Å²) in [4.78, 5) is 4.51. The van der Waals surface area contributed by atoms with Gasteiger partial charge in [-0.3, -0.25) is 4.99 Å². The Morgan fingerprint density at radius 1 is 1.19 bits per heavy atom. The van der Waals surface area contributed by atoms with E-state index in [1.807, 2.05) is 13.1 Å². The minimum atomic E-state index is 0.620. The van der Waals surface area contributed by atoms with Gasteiger partial charge in [0.05, 0.1) is 0 Å². The molecule has 0 spiro atoms. The van der Waals surface area contributed by atoms with Gasteiger partial charge in [-0.05, 0) is 81.2 Å². The number of rotatable bonds is 12. The number of hydrogen-bond donors (Lipinski definition) is 1. The lowest BCUT2D eigenvalue weighted by molar-refractivity contribution is 0.543. The lowest BCUT2D eigenvalue weighted by Gasteiger charge is -2.21. The molecule has 0 heterocycles. The Labute approximate surface area is 161 Å². The van der Waals surface area contributed by atoms with E-state index in [0.29, 0.717) is 11.8 Å². The van der Waals surface area contributed by atoms with Crippen molar-refractivity contribution in [3.63, 3.8) is 0 Å². The van der Waals surface area contributed by atoms with Crippen molar-refractivity contribution in [2.24, 2.45) is 16.8 Å². The highest BCUT2D eigenvalue weighted by Gasteiger charge is 2.30. The molecule has 0 aliphatic heterocycles. The predicted octanol–water partition coefficient (Wildman–Crippen LogP) is 6.05. The average Bonchev–Trinajstić information content (AvgIpc) is 3.41. The van der Waals surface area contributed by atoms with E-state index in [1.54, 1.807) is 0 Å². The van der Waals surface area contributed by atoms with Crippen LogP contribution in [0.15, 0.2) is 64.7 Å². The molecule has 1 N–H and O–H groups in total. The Bertz CT molecular complexity index is 610. The molecule has 0 radical (unpaired) electrons. The van der Waals surface area contributed by atoms with Gasteiger partial charge in [-0.1, -0.05) is 51.3 Å². The largest absolute Gasteiger partial charge is 0.316 e. The lowest BCUT2D eigenvalue weighted by Crippen LogP contribution is -2.20. The summed E-state index contributed by atoms with van der Waals surface area (Å²) in [5, 5.41) is 3.51. The summed E-state index contributed by atoms with van der Waals surface area (Å²) in [6, 6.07) is 0. The van der Waals surface area contributed by atoms with Gasteiger partial charge in [0, 0.05) is 18.3 Å². The number of nitrogens with one attached hydrogen (secondary N) is 1. The fraction of sp³-hybridized carbons (Fsp3) is 0.542. The summed E-state index contributed by atoms with van der Waals surface area (Å²) in [5.74, 6) is 1.30. The molecule has 26 heavy (non-hydrogen) atoms. The van der Waals surface area contributed by atoms with Crippen LogP contribution in [0.25, 0.3) is 0 Å². The molecule has 0 bridgehead atoms. The van der Waals surface area contributed by atoms with Crippen LogP contribution in [0.2, 0.25) is 0 Å². The number of allylic oxidation sites excluding steroid dienone is 7. The second kappa shape index (κ2) is 11.1. The molecule has 1 rings (SSSR count). The number of nitrogens with zero attached hydrogens (tertiary/aromatic N) is 1. The van der Waals surface area contributed by atoms with Crippen LogP contribution in [-0.4, -0.2) is 25.8 Å². The SMILES string of the molecule is C=C/C=C(\C(C(C)=NC)=C(\C(=C)C)C(=C)CCCNCC(C)C)C1CC1. The molecule has 1 aliphatic rings. The van der Waals surface area contributed by atoms with Crippen molar-refractivity contribution >= 4 is 5.71 Å². The van der Waals surface area contributed by atoms with Crippen molar-refractivity contribution in [3.8, 4) is 0 Å². The van der Waals surface area contributed by atoms with Crippen LogP contribution in [0.5, 0.6) is 0 Å². The topological polar surface area (TPSA) is 24.4 Å². The third-order valence-electron chi connectivity index (χ3n) is 4.72. The van der Waals surface area contributed by atoms with Gasteiger partial charge < -0.3 is 5.32 Å². The summed E-state index contributed by atoms with van der Waals surface area (Å²) in [7, 11) is 1.86. The minimum absolute atomic E-state index is 0.620. The van der Waals surface area contributed by atoms with Crippen molar-refractivity contribution in [2.75, 3.05) is 20.1 Å². The van der Waals surface area contributed by atoms with Crippen LogP contribution in [0, 0.1) is 11.8 Å². The lowest BCUT2D eigenvalue weighted by atomic mass is 9.85. The summed E-state index contributed by atoms with van der Waals surface area (Å²) >= 11 is 0. The summed E-state index contributed by atoms with van der Waals surface area (Å²) in [5.41, 5.74) is 7.05. The van der Waals surface area contributed by atoms with E-state index in [-0.39, 0.29) is 0 Å². The second-order valence-corrected chi connectivity index (χ2v) is 7.78. The average molecular weight is 355 g/mol. The van der Waals surface area contributed by atoms with Crippen LogP contribution in [0.1, 0.15) is 53.4 Å². The van der Waals surface area contributed by atoms with Crippen molar-refractivity contribution in [2.45, 2.75) is 53.4 Å². The molecule has 2 nitrogen and oxygen atoms in total. The molecule has 0 aromatic rings. The molecule has 1 saturated carbocycles. The normalized spacial score (nSPS) is 16.5. The number of aliphatic imine (C=N–C) groups is 1. The van der Waals surface area contributed by atoms with Gasteiger partial charge in [0.25, 0.3) is 0 Å². The zero-order chi connectivity index (χ0) is 19.7. The number of hydrogen-bond acceptors (Lipinski definition) is 2. The monoisotopic (exact) mass is 354 g/mol. The van der Waals surface area contributed by atoms with Gasteiger partial charge in [-0.2, -0.15) is 0 Å². The highest BCUT2D eigenvalue weighted by Crippen LogP contribution is 2.43. The third kappa shape index (κ3) is 6.92. The summed E-state index contributed by atoms with van der Waals surface area (Å²) in [6.07, 6.45) is 8.60. The van der Waals surface area contributed by atoms with Gasteiger partial charge >= 0.3 is 0 Å². The van der Waals surface area contributed by atoms with E-state index in [4.69, 9.17) is 0 Å². The Morgan fingerprint density at radius 3 is 2.31 bits per heavy atom. The molecule has 0 aromatic heterocycles. The molecule has 0 saturated heterocycles. The highest BCUT2D eigenvalue weighted by atomic mass is 14.8. The molecule has 0 amide bonds. The van der Waals surface area contributed by atoms with Crippen molar-refractivity contribution in [1.82, 2.24) is 5.32 Å². The maximum atomic E-state index is 4.51. The minimum Gasteiger partial charge on any atom is -0.316 e. The van der Waals surface area contributed by atoms with E-state index in [0.717, 1.165) is 42.8 Å². The van der Waals surface area contributed by atoms with E-state index >= 15 is 0 Å². The van der Waals surface area contributed by atoms with Crippen LogP contribution in [0.3, 0.4) is 0 Å². The Kier molecular flexibility index (Phi) is 9.58. The van der Waals surface area contributed by atoms with Gasteiger partial charge in [0.2, 0.25) is 0 Å². The standard InChI is InChI=1S/C24H38N2/c1-9-11-22(21-13-14-21)24(20(7)25-8)23(18(4)5)19(6)12-10-15-26-16-17(2)3/h9,11,17,21,26H,1,4,6,10,12-16H2,2-3,5,7-8H3/b22-11-,24-23-,25-20?. The zero-order valence-corrected chi connectivity index (χ0v) is 17.6.